The summed E-state index contributed by atoms with van der Waals surface area (Å²) in [6, 6.07) is 5.57. The van der Waals surface area contributed by atoms with E-state index in [4.69, 9.17) is 14.2 Å². The Morgan fingerprint density at radius 1 is 1.27 bits per heavy atom. The molecule has 0 N–H and O–H groups in total. The second-order valence-corrected chi connectivity index (χ2v) is 7.68. The highest BCUT2D eigenvalue weighted by Gasteiger charge is 2.25. The normalized spacial score (nSPS) is 23.4. The van der Waals surface area contributed by atoms with Crippen LogP contribution in [0.4, 0.5) is 0 Å². The molecule has 1 aliphatic heterocycles. The lowest BCUT2D eigenvalue weighted by molar-refractivity contribution is -0.136. The molecule has 30 heavy (non-hydrogen) atoms. The molecule has 0 spiro atoms. The van der Waals surface area contributed by atoms with E-state index in [-0.39, 0.29) is 12.7 Å². The summed E-state index contributed by atoms with van der Waals surface area (Å²) < 4.78 is 16.3. The molecule has 1 unspecified atom stereocenters. The second-order valence-electron chi connectivity index (χ2n) is 7.68. The first-order valence-electron chi connectivity index (χ1n) is 10.4. The molecule has 5 heteroatoms. The van der Waals surface area contributed by atoms with E-state index in [1.54, 1.807) is 19.3 Å². The molecular weight excluding hydrogens is 380 g/mol. The number of rotatable bonds is 6. The van der Waals surface area contributed by atoms with Crippen LogP contribution in [-0.4, -0.2) is 31.8 Å². The molecule has 162 valence electrons. The molecule has 0 amide bonds. The molecule has 1 aromatic rings. The Hall–Kier alpha value is -2.82. The Bertz CT molecular complexity index is 793. The number of hydrogen-bond acceptors (Lipinski definition) is 5. The zero-order chi connectivity index (χ0) is 21.9. The number of allylic oxidation sites excluding steroid dienone is 2. The summed E-state index contributed by atoms with van der Waals surface area (Å²) >= 11 is 0. The van der Waals surface area contributed by atoms with Gasteiger partial charge in [0.05, 0.1) is 7.11 Å². The van der Waals surface area contributed by atoms with Crippen LogP contribution in [0.15, 0.2) is 55.2 Å². The van der Waals surface area contributed by atoms with Crippen molar-refractivity contribution >= 4 is 11.9 Å². The van der Waals surface area contributed by atoms with Crippen LogP contribution in [-0.2, 0) is 20.7 Å². The quantitative estimate of drug-likeness (QED) is 0.371. The molecule has 3 atom stereocenters. The Labute approximate surface area is 179 Å². The number of esters is 2. The lowest BCUT2D eigenvalue weighted by Crippen LogP contribution is -2.24. The van der Waals surface area contributed by atoms with E-state index in [1.165, 1.54) is 12.2 Å². The predicted octanol–water partition coefficient (Wildman–Crippen LogP) is 5.06. The Morgan fingerprint density at radius 2 is 2.07 bits per heavy atom. The van der Waals surface area contributed by atoms with E-state index in [0.717, 1.165) is 12.0 Å². The van der Waals surface area contributed by atoms with Crippen molar-refractivity contribution in [2.24, 2.45) is 11.8 Å². The molecule has 2 rings (SSSR count). The van der Waals surface area contributed by atoms with Gasteiger partial charge in [-0.15, -0.1) is 0 Å². The second kappa shape index (κ2) is 12.0. The van der Waals surface area contributed by atoms with Crippen LogP contribution >= 0.6 is 0 Å². The van der Waals surface area contributed by atoms with Crippen LogP contribution in [0.3, 0.4) is 0 Å². The number of benzene rings is 1. The first-order chi connectivity index (χ1) is 14.5. The van der Waals surface area contributed by atoms with Gasteiger partial charge in [0.1, 0.15) is 24.0 Å². The highest BCUT2D eigenvalue weighted by Crippen LogP contribution is 2.29. The fourth-order valence-electron chi connectivity index (χ4n) is 3.46. The Kier molecular flexibility index (Phi) is 9.39. The van der Waals surface area contributed by atoms with Gasteiger partial charge in [0.15, 0.2) is 0 Å². The topological polar surface area (TPSA) is 61.8 Å². The third kappa shape index (κ3) is 6.90. The summed E-state index contributed by atoms with van der Waals surface area (Å²) in [6.45, 7) is 8.06. The predicted molar refractivity (Wildman–Crippen MR) is 118 cm³/mol. The molecule has 0 fully saturated rings. The third-order valence-corrected chi connectivity index (χ3v) is 5.42. The minimum atomic E-state index is -0.437. The van der Waals surface area contributed by atoms with E-state index in [9.17, 15) is 9.59 Å². The van der Waals surface area contributed by atoms with Crippen molar-refractivity contribution in [3.8, 4) is 5.75 Å². The van der Waals surface area contributed by atoms with Crippen molar-refractivity contribution < 1.29 is 23.8 Å². The fraction of sp³-hybridized carbons (Fsp3) is 0.440. The van der Waals surface area contributed by atoms with Gasteiger partial charge in [-0.25, -0.2) is 9.59 Å². The molecule has 1 heterocycles. The van der Waals surface area contributed by atoms with Crippen LogP contribution in [0, 0.1) is 11.8 Å². The van der Waals surface area contributed by atoms with E-state index in [0.29, 0.717) is 42.4 Å². The molecule has 1 aliphatic rings. The number of carbonyl (C=O) groups excluding carboxylic acids is 2. The highest BCUT2D eigenvalue weighted by atomic mass is 16.5. The van der Waals surface area contributed by atoms with Crippen LogP contribution in [0.2, 0.25) is 0 Å². The van der Waals surface area contributed by atoms with Gasteiger partial charge in [0, 0.05) is 12.5 Å². The summed E-state index contributed by atoms with van der Waals surface area (Å²) in [5, 5.41) is 0. The molecular formula is C25H32O5. The Balaban J connectivity index is 2.26. The van der Waals surface area contributed by atoms with Gasteiger partial charge in [0.2, 0.25) is 0 Å². The standard InChI is InChI=1S/C25H32O5/c1-5-16-29-23(26)15-9-13-21-17-19(3)18(2)10-6-7-11-20-12-8-14-22(28-4)24(20)25(27)30-21/h5-9,12,14-15,18-19,21H,1,10-11,13,16-17H2,2-4H3/b7-6+,15-9+/t18-,19+,21?/m0/s1. The highest BCUT2D eigenvalue weighted by molar-refractivity contribution is 5.94. The molecule has 1 aromatic carbocycles. The van der Waals surface area contributed by atoms with Crippen molar-refractivity contribution in [3.63, 3.8) is 0 Å². The van der Waals surface area contributed by atoms with Crippen LogP contribution < -0.4 is 4.74 Å². The first-order valence-corrected chi connectivity index (χ1v) is 10.4. The van der Waals surface area contributed by atoms with Gasteiger partial charge in [-0.1, -0.05) is 56.9 Å². The molecule has 0 radical (unpaired) electrons. The molecule has 0 saturated carbocycles. The van der Waals surface area contributed by atoms with Crippen molar-refractivity contribution in [2.45, 2.75) is 45.6 Å². The maximum atomic E-state index is 13.1. The van der Waals surface area contributed by atoms with Gasteiger partial charge in [-0.05, 0) is 42.7 Å². The number of carbonyl (C=O) groups is 2. The van der Waals surface area contributed by atoms with Gasteiger partial charge < -0.3 is 14.2 Å². The third-order valence-electron chi connectivity index (χ3n) is 5.42. The average molecular weight is 413 g/mol. The van der Waals surface area contributed by atoms with Gasteiger partial charge >= 0.3 is 11.9 Å². The SMILES string of the molecule is C=CCOC(=O)/C=C/CC1C[C@@H](C)[C@@H](C)C/C=C/Cc2cccc(OC)c2C(=O)O1. The van der Waals surface area contributed by atoms with E-state index in [1.807, 2.05) is 12.1 Å². The lowest BCUT2D eigenvalue weighted by atomic mass is 9.87. The number of fused-ring (bicyclic) bond motifs is 1. The summed E-state index contributed by atoms with van der Waals surface area (Å²) in [6.07, 6.45) is 11.3. The largest absolute Gasteiger partial charge is 0.496 e. The summed E-state index contributed by atoms with van der Waals surface area (Å²) in [5.41, 5.74) is 1.34. The summed E-state index contributed by atoms with van der Waals surface area (Å²) in [7, 11) is 1.55. The minimum absolute atomic E-state index is 0.167. The average Bonchev–Trinajstić information content (AvgIpc) is 2.73. The van der Waals surface area contributed by atoms with Crippen molar-refractivity contribution in [1.82, 2.24) is 0 Å². The van der Waals surface area contributed by atoms with Crippen LogP contribution in [0.1, 0.15) is 49.0 Å². The molecule has 0 saturated heterocycles. The maximum Gasteiger partial charge on any atom is 0.342 e. The van der Waals surface area contributed by atoms with Gasteiger partial charge in [-0.2, -0.15) is 0 Å². The number of ether oxygens (including phenoxy) is 3. The van der Waals surface area contributed by atoms with Gasteiger partial charge in [0.25, 0.3) is 0 Å². The smallest absolute Gasteiger partial charge is 0.342 e. The van der Waals surface area contributed by atoms with Crippen molar-refractivity contribution in [1.29, 1.82) is 0 Å². The van der Waals surface area contributed by atoms with E-state index in [2.05, 4.69) is 32.6 Å². The van der Waals surface area contributed by atoms with Crippen LogP contribution in [0.5, 0.6) is 5.75 Å². The number of cyclic esters (lactones) is 1. The van der Waals surface area contributed by atoms with E-state index < -0.39 is 11.9 Å². The summed E-state index contributed by atoms with van der Waals surface area (Å²) in [5.74, 6) is 0.474. The fourth-order valence-corrected chi connectivity index (χ4v) is 3.46. The lowest BCUT2D eigenvalue weighted by Gasteiger charge is -2.25. The number of methoxy groups -OCH3 is 1. The number of hydrogen-bond donors (Lipinski definition) is 0. The molecule has 0 aliphatic carbocycles. The molecule has 0 bridgehead atoms. The molecule has 0 aromatic heterocycles. The molecule has 5 nitrogen and oxygen atoms in total. The zero-order valence-corrected chi connectivity index (χ0v) is 18.1. The first kappa shape index (κ1) is 23.5. The van der Waals surface area contributed by atoms with Crippen molar-refractivity contribution in [3.05, 3.63) is 66.3 Å². The maximum absolute atomic E-state index is 13.1. The Morgan fingerprint density at radius 3 is 2.80 bits per heavy atom. The van der Waals surface area contributed by atoms with Crippen LogP contribution in [0.25, 0.3) is 0 Å². The van der Waals surface area contributed by atoms with Gasteiger partial charge in [-0.3, -0.25) is 0 Å². The van der Waals surface area contributed by atoms with Crippen molar-refractivity contribution in [2.75, 3.05) is 13.7 Å². The summed E-state index contributed by atoms with van der Waals surface area (Å²) in [4.78, 5) is 24.8. The zero-order valence-electron chi connectivity index (χ0n) is 18.1. The monoisotopic (exact) mass is 412 g/mol. The van der Waals surface area contributed by atoms with E-state index >= 15 is 0 Å². The minimum Gasteiger partial charge on any atom is -0.496 e.